The zero-order valence-corrected chi connectivity index (χ0v) is 17.6. The van der Waals surface area contributed by atoms with Crippen LogP contribution in [0, 0.1) is 5.82 Å². The maximum Gasteiger partial charge on any atom is 0.416 e. The summed E-state index contributed by atoms with van der Waals surface area (Å²) in [5, 5.41) is 11.0. The van der Waals surface area contributed by atoms with Gasteiger partial charge in [-0.25, -0.2) is 4.39 Å². The van der Waals surface area contributed by atoms with Crippen molar-refractivity contribution in [1.82, 2.24) is 0 Å². The standard InChI is InChI=1S/C25H17F4NO4/c1-34-19-11-7-15(8-12-19)22(31)20-21(14-5-9-17(26)10-6-14)30(24(33)23(20)32)18-4-2-3-16(13-18)25(27,28)29/h2-13,21,31H,1H3/b22-20+. The third-order valence-electron chi connectivity index (χ3n) is 5.45. The molecular weight excluding hydrogens is 454 g/mol. The van der Waals surface area contributed by atoms with Crippen molar-refractivity contribution in [2.24, 2.45) is 0 Å². The van der Waals surface area contributed by atoms with Crippen LogP contribution in [-0.2, 0) is 15.8 Å². The molecule has 0 radical (unpaired) electrons. The van der Waals surface area contributed by atoms with E-state index in [9.17, 15) is 32.3 Å². The molecule has 9 heteroatoms. The fourth-order valence-corrected chi connectivity index (χ4v) is 3.80. The number of alkyl halides is 3. The summed E-state index contributed by atoms with van der Waals surface area (Å²) >= 11 is 0. The van der Waals surface area contributed by atoms with Crippen LogP contribution in [0.15, 0.2) is 78.4 Å². The first-order chi connectivity index (χ1) is 16.1. The van der Waals surface area contributed by atoms with Crippen molar-refractivity contribution in [2.45, 2.75) is 12.2 Å². The van der Waals surface area contributed by atoms with E-state index in [0.717, 1.165) is 35.2 Å². The summed E-state index contributed by atoms with van der Waals surface area (Å²) in [6.07, 6.45) is -4.68. The van der Waals surface area contributed by atoms with Crippen molar-refractivity contribution in [3.63, 3.8) is 0 Å². The van der Waals surface area contributed by atoms with Crippen molar-refractivity contribution < 1.29 is 37.0 Å². The molecule has 174 valence electrons. The summed E-state index contributed by atoms with van der Waals surface area (Å²) in [6.45, 7) is 0. The van der Waals surface area contributed by atoms with E-state index in [0.29, 0.717) is 5.75 Å². The predicted octanol–water partition coefficient (Wildman–Crippen LogP) is 5.48. The number of nitrogens with zero attached hydrogens (tertiary/aromatic N) is 1. The maximum atomic E-state index is 13.6. The summed E-state index contributed by atoms with van der Waals surface area (Å²) < 4.78 is 58.6. The van der Waals surface area contributed by atoms with Gasteiger partial charge in [-0.15, -0.1) is 0 Å². The zero-order valence-electron chi connectivity index (χ0n) is 17.6. The normalized spacial score (nSPS) is 17.8. The molecule has 0 aliphatic carbocycles. The summed E-state index contributed by atoms with van der Waals surface area (Å²) in [5.74, 6) is -2.83. The summed E-state index contributed by atoms with van der Waals surface area (Å²) in [5.41, 5.74) is -1.12. The molecule has 1 atom stereocenters. The number of benzene rings is 3. The van der Waals surface area contributed by atoms with Gasteiger partial charge in [-0.2, -0.15) is 13.2 Å². The van der Waals surface area contributed by atoms with Crippen molar-refractivity contribution in [2.75, 3.05) is 12.0 Å². The average Bonchev–Trinajstić information content (AvgIpc) is 3.09. The van der Waals surface area contributed by atoms with Gasteiger partial charge in [-0.3, -0.25) is 14.5 Å². The molecule has 0 bridgehead atoms. The van der Waals surface area contributed by atoms with Gasteiger partial charge < -0.3 is 9.84 Å². The highest BCUT2D eigenvalue weighted by Crippen LogP contribution is 2.43. The summed E-state index contributed by atoms with van der Waals surface area (Å²) in [4.78, 5) is 26.9. The number of carbonyl (C=O) groups is 2. The number of carbonyl (C=O) groups excluding carboxylic acids is 2. The Balaban J connectivity index is 1.92. The Labute approximate surface area is 191 Å². The average molecular weight is 471 g/mol. The minimum atomic E-state index is -4.68. The van der Waals surface area contributed by atoms with Crippen LogP contribution in [0.4, 0.5) is 23.2 Å². The Bertz CT molecular complexity index is 1280. The van der Waals surface area contributed by atoms with E-state index in [4.69, 9.17) is 4.74 Å². The number of amides is 1. The second-order valence-corrected chi connectivity index (χ2v) is 7.50. The lowest BCUT2D eigenvalue weighted by atomic mass is 9.95. The smallest absolute Gasteiger partial charge is 0.416 e. The maximum absolute atomic E-state index is 13.6. The van der Waals surface area contributed by atoms with Gasteiger partial charge in [0.1, 0.15) is 17.3 Å². The van der Waals surface area contributed by atoms with E-state index in [-0.39, 0.29) is 22.4 Å². The molecule has 1 aliphatic heterocycles. The molecule has 1 heterocycles. The molecule has 3 aromatic carbocycles. The van der Waals surface area contributed by atoms with Crippen LogP contribution in [-0.4, -0.2) is 23.9 Å². The highest BCUT2D eigenvalue weighted by atomic mass is 19.4. The van der Waals surface area contributed by atoms with Gasteiger partial charge in [0.25, 0.3) is 11.7 Å². The fraction of sp³-hybridized carbons (Fsp3) is 0.120. The van der Waals surface area contributed by atoms with Crippen molar-refractivity contribution in [3.8, 4) is 5.75 Å². The highest BCUT2D eigenvalue weighted by molar-refractivity contribution is 6.51. The van der Waals surface area contributed by atoms with E-state index < -0.39 is 41.0 Å². The van der Waals surface area contributed by atoms with Crippen LogP contribution in [0.25, 0.3) is 5.76 Å². The van der Waals surface area contributed by atoms with Gasteiger partial charge in [0.2, 0.25) is 0 Å². The number of Topliss-reactive ketones (excluding diaryl/α,β-unsaturated/α-hetero) is 1. The molecule has 1 N–H and O–H groups in total. The third-order valence-corrected chi connectivity index (χ3v) is 5.45. The fourth-order valence-electron chi connectivity index (χ4n) is 3.80. The van der Waals surface area contributed by atoms with E-state index in [2.05, 4.69) is 0 Å². The number of ketones is 1. The Hall–Kier alpha value is -4.14. The molecule has 34 heavy (non-hydrogen) atoms. The number of halogens is 4. The minimum absolute atomic E-state index is 0.190. The van der Waals surface area contributed by atoms with Crippen LogP contribution in [0.3, 0.4) is 0 Å². The number of aliphatic hydroxyl groups is 1. The molecule has 3 aromatic rings. The van der Waals surface area contributed by atoms with Crippen LogP contribution in [0.2, 0.25) is 0 Å². The third kappa shape index (κ3) is 4.12. The molecule has 0 saturated carbocycles. The van der Waals surface area contributed by atoms with Gasteiger partial charge in [0.15, 0.2) is 0 Å². The number of hydrogen-bond donors (Lipinski definition) is 1. The first kappa shape index (κ1) is 23.0. The van der Waals surface area contributed by atoms with Gasteiger partial charge in [-0.05, 0) is 60.2 Å². The zero-order chi connectivity index (χ0) is 24.6. The van der Waals surface area contributed by atoms with E-state index >= 15 is 0 Å². The van der Waals surface area contributed by atoms with E-state index in [1.807, 2.05) is 0 Å². The molecule has 0 spiro atoms. The molecule has 1 saturated heterocycles. The molecule has 1 aliphatic rings. The molecule has 5 nitrogen and oxygen atoms in total. The Kier molecular flexibility index (Phi) is 5.87. The quantitative estimate of drug-likeness (QED) is 0.237. The largest absolute Gasteiger partial charge is 0.507 e. The van der Waals surface area contributed by atoms with Crippen LogP contribution < -0.4 is 9.64 Å². The SMILES string of the molecule is COc1ccc(/C(O)=C2\C(=O)C(=O)N(c3cccc(C(F)(F)F)c3)C2c2ccc(F)cc2)cc1. The lowest BCUT2D eigenvalue weighted by Crippen LogP contribution is -2.29. The Morgan fingerprint density at radius 2 is 1.62 bits per heavy atom. The summed E-state index contributed by atoms with van der Waals surface area (Å²) in [7, 11) is 1.45. The topological polar surface area (TPSA) is 66.8 Å². The number of anilines is 1. The van der Waals surface area contributed by atoms with Crippen molar-refractivity contribution >= 4 is 23.1 Å². The van der Waals surface area contributed by atoms with E-state index in [1.165, 1.54) is 49.6 Å². The lowest BCUT2D eigenvalue weighted by Gasteiger charge is -2.26. The van der Waals surface area contributed by atoms with Gasteiger partial charge >= 0.3 is 6.18 Å². The monoisotopic (exact) mass is 471 g/mol. The molecule has 4 rings (SSSR count). The van der Waals surface area contributed by atoms with Gasteiger partial charge in [0, 0.05) is 11.3 Å². The molecule has 1 amide bonds. The first-order valence-corrected chi connectivity index (χ1v) is 10.00. The lowest BCUT2D eigenvalue weighted by molar-refractivity contribution is -0.137. The minimum Gasteiger partial charge on any atom is -0.507 e. The number of methoxy groups -OCH3 is 1. The van der Waals surface area contributed by atoms with Gasteiger partial charge in [0.05, 0.1) is 24.3 Å². The van der Waals surface area contributed by atoms with Crippen LogP contribution in [0.1, 0.15) is 22.7 Å². The molecular formula is C25H17F4NO4. The Morgan fingerprint density at radius 1 is 0.971 bits per heavy atom. The number of rotatable bonds is 4. The molecule has 0 aromatic heterocycles. The first-order valence-electron chi connectivity index (χ1n) is 10.00. The summed E-state index contributed by atoms with van der Waals surface area (Å²) in [6, 6.07) is 13.4. The Morgan fingerprint density at radius 3 is 2.21 bits per heavy atom. The number of ether oxygens (including phenoxy) is 1. The van der Waals surface area contributed by atoms with Crippen LogP contribution in [0.5, 0.6) is 5.75 Å². The number of hydrogen-bond acceptors (Lipinski definition) is 4. The highest BCUT2D eigenvalue weighted by Gasteiger charge is 2.47. The number of aliphatic hydroxyl groups excluding tert-OH is 1. The van der Waals surface area contributed by atoms with Crippen molar-refractivity contribution in [3.05, 3.63) is 101 Å². The van der Waals surface area contributed by atoms with E-state index in [1.54, 1.807) is 0 Å². The molecule has 1 unspecified atom stereocenters. The second kappa shape index (κ2) is 8.66. The predicted molar refractivity (Wildman–Crippen MR) is 116 cm³/mol. The van der Waals surface area contributed by atoms with Crippen molar-refractivity contribution in [1.29, 1.82) is 0 Å². The second-order valence-electron chi connectivity index (χ2n) is 7.50. The van der Waals surface area contributed by atoms with Gasteiger partial charge in [-0.1, -0.05) is 18.2 Å². The van der Waals surface area contributed by atoms with Crippen LogP contribution >= 0.6 is 0 Å². The molecule has 1 fully saturated rings.